The molecule has 0 amide bonds. The van der Waals surface area contributed by atoms with Gasteiger partial charge in [-0.05, 0) is 23.1 Å². The molecule has 1 N–H and O–H groups in total. The first-order valence-corrected chi connectivity index (χ1v) is 7.55. The van der Waals surface area contributed by atoms with Crippen LogP contribution in [-0.2, 0) is 13.1 Å². The van der Waals surface area contributed by atoms with Gasteiger partial charge in [-0.1, -0.05) is 12.1 Å². The van der Waals surface area contributed by atoms with Crippen LogP contribution in [0, 0.1) is 0 Å². The van der Waals surface area contributed by atoms with Crippen LogP contribution in [0.4, 0.5) is 5.82 Å². The van der Waals surface area contributed by atoms with E-state index < -0.39 is 0 Å². The second-order valence-electron chi connectivity index (χ2n) is 4.93. The summed E-state index contributed by atoms with van der Waals surface area (Å²) in [4.78, 5) is 9.97. The zero-order valence-corrected chi connectivity index (χ0v) is 12.8. The highest BCUT2D eigenvalue weighted by Gasteiger charge is 2.08. The van der Waals surface area contributed by atoms with Crippen LogP contribution in [0.15, 0.2) is 35.8 Å². The SMILES string of the molecule is CN(C)c1ccc(CN(CCO)Cc2cccs2)cn1. The summed E-state index contributed by atoms with van der Waals surface area (Å²) in [7, 11) is 3.97. The number of anilines is 1. The maximum atomic E-state index is 9.20. The molecule has 0 aliphatic rings. The average molecular weight is 291 g/mol. The molecule has 0 aromatic carbocycles. The summed E-state index contributed by atoms with van der Waals surface area (Å²) >= 11 is 1.75. The number of aromatic nitrogens is 1. The van der Waals surface area contributed by atoms with Crippen molar-refractivity contribution in [3.05, 3.63) is 46.3 Å². The topological polar surface area (TPSA) is 39.6 Å². The van der Waals surface area contributed by atoms with Crippen molar-refractivity contribution in [2.75, 3.05) is 32.1 Å². The molecule has 4 nitrogen and oxygen atoms in total. The van der Waals surface area contributed by atoms with Crippen molar-refractivity contribution in [2.24, 2.45) is 0 Å². The van der Waals surface area contributed by atoms with Gasteiger partial charge in [-0.3, -0.25) is 4.90 Å². The van der Waals surface area contributed by atoms with Gasteiger partial charge in [0.1, 0.15) is 5.82 Å². The normalized spacial score (nSPS) is 11.0. The van der Waals surface area contributed by atoms with Crippen molar-refractivity contribution in [3.8, 4) is 0 Å². The van der Waals surface area contributed by atoms with E-state index in [1.807, 2.05) is 31.3 Å². The van der Waals surface area contributed by atoms with E-state index in [2.05, 4.69) is 33.5 Å². The quantitative estimate of drug-likeness (QED) is 0.849. The van der Waals surface area contributed by atoms with Gasteiger partial charge in [0.2, 0.25) is 0 Å². The molecular weight excluding hydrogens is 270 g/mol. The van der Waals surface area contributed by atoms with Crippen LogP contribution in [-0.4, -0.2) is 42.2 Å². The number of hydrogen-bond donors (Lipinski definition) is 1. The van der Waals surface area contributed by atoms with Crippen LogP contribution < -0.4 is 4.90 Å². The zero-order valence-electron chi connectivity index (χ0n) is 12.0. The molecule has 0 aliphatic carbocycles. The van der Waals surface area contributed by atoms with Gasteiger partial charge in [0.25, 0.3) is 0 Å². The summed E-state index contributed by atoms with van der Waals surface area (Å²) in [5.74, 6) is 0.959. The molecule has 0 bridgehead atoms. The first-order chi connectivity index (χ1) is 9.69. The number of aliphatic hydroxyl groups excluding tert-OH is 1. The van der Waals surface area contributed by atoms with Gasteiger partial charge in [-0.15, -0.1) is 11.3 Å². The Hall–Kier alpha value is -1.43. The maximum Gasteiger partial charge on any atom is 0.127 e. The standard InChI is InChI=1S/C15H21N3OS/c1-17(2)15-6-5-13(10-16-15)11-18(7-8-19)12-14-4-3-9-20-14/h3-6,9-10,19H,7-8,11-12H2,1-2H3. The molecule has 0 unspecified atom stereocenters. The predicted octanol–water partition coefficient (Wildman–Crippen LogP) is 2.20. The minimum absolute atomic E-state index is 0.175. The number of thiophene rings is 1. The third-order valence-corrected chi connectivity index (χ3v) is 3.91. The van der Waals surface area contributed by atoms with E-state index in [0.717, 1.165) is 18.9 Å². The second-order valence-corrected chi connectivity index (χ2v) is 5.96. The molecular formula is C15H21N3OS. The molecule has 2 rings (SSSR count). The van der Waals surface area contributed by atoms with E-state index in [-0.39, 0.29) is 6.61 Å². The van der Waals surface area contributed by atoms with E-state index >= 15 is 0 Å². The highest BCUT2D eigenvalue weighted by atomic mass is 32.1. The van der Waals surface area contributed by atoms with Gasteiger partial charge in [-0.25, -0.2) is 4.98 Å². The lowest BCUT2D eigenvalue weighted by Gasteiger charge is -2.21. The zero-order chi connectivity index (χ0) is 14.4. The van der Waals surface area contributed by atoms with Crippen molar-refractivity contribution >= 4 is 17.2 Å². The fraction of sp³-hybridized carbons (Fsp3) is 0.400. The molecule has 0 saturated carbocycles. The van der Waals surface area contributed by atoms with Crippen molar-refractivity contribution < 1.29 is 5.11 Å². The Morgan fingerprint density at radius 3 is 2.60 bits per heavy atom. The van der Waals surface area contributed by atoms with Crippen molar-refractivity contribution in [2.45, 2.75) is 13.1 Å². The van der Waals surface area contributed by atoms with Crippen molar-refractivity contribution in [3.63, 3.8) is 0 Å². The first-order valence-electron chi connectivity index (χ1n) is 6.67. The molecule has 0 atom stereocenters. The van der Waals surface area contributed by atoms with E-state index in [0.29, 0.717) is 6.54 Å². The lowest BCUT2D eigenvalue weighted by Crippen LogP contribution is -2.25. The highest BCUT2D eigenvalue weighted by Crippen LogP contribution is 2.15. The van der Waals surface area contributed by atoms with E-state index in [9.17, 15) is 5.11 Å². The van der Waals surface area contributed by atoms with Crippen molar-refractivity contribution in [1.82, 2.24) is 9.88 Å². The largest absolute Gasteiger partial charge is 0.395 e. The Balaban J connectivity index is 2.00. The second kappa shape index (κ2) is 7.38. The van der Waals surface area contributed by atoms with Gasteiger partial charge in [0.15, 0.2) is 0 Å². The van der Waals surface area contributed by atoms with Gasteiger partial charge in [0, 0.05) is 44.8 Å². The van der Waals surface area contributed by atoms with Crippen LogP contribution >= 0.6 is 11.3 Å². The minimum Gasteiger partial charge on any atom is -0.395 e. The molecule has 0 radical (unpaired) electrons. The monoisotopic (exact) mass is 291 g/mol. The molecule has 0 spiro atoms. The van der Waals surface area contributed by atoms with E-state index in [4.69, 9.17) is 0 Å². The fourth-order valence-electron chi connectivity index (χ4n) is 2.01. The Labute approximate surface area is 124 Å². The maximum absolute atomic E-state index is 9.20. The van der Waals surface area contributed by atoms with Gasteiger partial charge in [0.05, 0.1) is 6.61 Å². The molecule has 0 fully saturated rings. The summed E-state index contributed by atoms with van der Waals surface area (Å²) in [5, 5.41) is 11.3. The Bertz CT molecular complexity index is 496. The van der Waals surface area contributed by atoms with Crippen LogP contribution in [0.1, 0.15) is 10.4 Å². The van der Waals surface area contributed by atoms with Gasteiger partial charge in [-0.2, -0.15) is 0 Å². The van der Waals surface area contributed by atoms with Crippen LogP contribution in [0.25, 0.3) is 0 Å². The summed E-state index contributed by atoms with van der Waals surface area (Å²) < 4.78 is 0. The molecule has 20 heavy (non-hydrogen) atoms. The van der Waals surface area contributed by atoms with E-state index in [1.165, 1.54) is 10.4 Å². The van der Waals surface area contributed by atoms with Crippen molar-refractivity contribution in [1.29, 1.82) is 0 Å². The lowest BCUT2D eigenvalue weighted by atomic mass is 10.2. The fourth-order valence-corrected chi connectivity index (χ4v) is 2.76. The summed E-state index contributed by atoms with van der Waals surface area (Å²) in [6, 6.07) is 8.31. The average Bonchev–Trinajstić information content (AvgIpc) is 2.92. The minimum atomic E-state index is 0.175. The summed E-state index contributed by atoms with van der Waals surface area (Å²) in [6.07, 6.45) is 1.91. The molecule has 2 aromatic heterocycles. The first kappa shape index (κ1) is 15.0. The molecule has 2 heterocycles. The number of aliphatic hydroxyl groups is 1. The highest BCUT2D eigenvalue weighted by molar-refractivity contribution is 7.09. The third-order valence-electron chi connectivity index (χ3n) is 3.05. The smallest absolute Gasteiger partial charge is 0.127 e. The number of hydrogen-bond acceptors (Lipinski definition) is 5. The van der Waals surface area contributed by atoms with Crippen LogP contribution in [0.2, 0.25) is 0 Å². The Morgan fingerprint density at radius 1 is 1.20 bits per heavy atom. The van der Waals surface area contributed by atoms with Gasteiger partial charge >= 0.3 is 0 Å². The molecule has 108 valence electrons. The molecule has 0 aliphatic heterocycles. The van der Waals surface area contributed by atoms with Gasteiger partial charge < -0.3 is 10.0 Å². The van der Waals surface area contributed by atoms with Crippen LogP contribution in [0.5, 0.6) is 0 Å². The summed E-state index contributed by atoms with van der Waals surface area (Å²) in [5.41, 5.74) is 1.17. The Morgan fingerprint density at radius 2 is 2.05 bits per heavy atom. The third kappa shape index (κ3) is 4.30. The molecule has 0 saturated heterocycles. The molecule has 2 aromatic rings. The Kier molecular flexibility index (Phi) is 5.52. The predicted molar refractivity (Wildman–Crippen MR) is 84.1 cm³/mol. The molecule has 5 heteroatoms. The number of nitrogens with zero attached hydrogens (tertiary/aromatic N) is 3. The summed E-state index contributed by atoms with van der Waals surface area (Å²) in [6.45, 7) is 2.52. The van der Waals surface area contributed by atoms with E-state index in [1.54, 1.807) is 11.3 Å². The number of rotatable bonds is 7. The lowest BCUT2D eigenvalue weighted by molar-refractivity contribution is 0.185. The number of pyridine rings is 1. The van der Waals surface area contributed by atoms with Crippen LogP contribution in [0.3, 0.4) is 0 Å².